The molecule has 0 aliphatic carbocycles. The second-order valence-electron chi connectivity index (χ2n) is 4.03. The van der Waals surface area contributed by atoms with Crippen LogP contribution in [0.5, 0.6) is 5.75 Å². The predicted octanol–water partition coefficient (Wildman–Crippen LogP) is 0.631. The molecule has 0 amide bonds. The molecule has 0 aliphatic heterocycles. The zero-order valence-electron chi connectivity index (χ0n) is 10.0. The Kier molecular flexibility index (Phi) is 4.29. The number of rotatable bonds is 4. The number of ether oxygens (including phenoxy) is 1. The van der Waals surface area contributed by atoms with Crippen molar-refractivity contribution in [1.82, 2.24) is 0 Å². The molecule has 5 N–H and O–H groups in total. The normalized spacial score (nSPS) is 14.6. The molecular formula is C12H20N2O2. The van der Waals surface area contributed by atoms with Crippen LogP contribution in [0.4, 0.5) is 0 Å². The Hall–Kier alpha value is -1.10. The van der Waals surface area contributed by atoms with Crippen LogP contribution in [0.15, 0.2) is 12.1 Å². The summed E-state index contributed by atoms with van der Waals surface area (Å²) in [5.41, 5.74) is 14.3. The average molecular weight is 224 g/mol. The molecule has 1 rings (SSSR count). The van der Waals surface area contributed by atoms with E-state index in [1.54, 1.807) is 7.11 Å². The molecule has 2 atom stereocenters. The lowest BCUT2D eigenvalue weighted by molar-refractivity contribution is 0.151. The largest absolute Gasteiger partial charge is 0.496 e. The van der Waals surface area contributed by atoms with Crippen molar-refractivity contribution in [1.29, 1.82) is 0 Å². The molecule has 16 heavy (non-hydrogen) atoms. The SMILES string of the molecule is COc1c(C)cc(C)cc1C(N)C(O)CN. The topological polar surface area (TPSA) is 81.5 Å². The van der Waals surface area contributed by atoms with Gasteiger partial charge in [-0.15, -0.1) is 0 Å². The van der Waals surface area contributed by atoms with E-state index in [4.69, 9.17) is 16.2 Å². The maximum Gasteiger partial charge on any atom is 0.126 e. The van der Waals surface area contributed by atoms with E-state index in [0.717, 1.165) is 22.4 Å². The highest BCUT2D eigenvalue weighted by atomic mass is 16.5. The van der Waals surface area contributed by atoms with Crippen LogP contribution < -0.4 is 16.2 Å². The van der Waals surface area contributed by atoms with Gasteiger partial charge in [0, 0.05) is 12.1 Å². The molecule has 4 heteroatoms. The van der Waals surface area contributed by atoms with Gasteiger partial charge in [-0.1, -0.05) is 17.7 Å². The summed E-state index contributed by atoms with van der Waals surface area (Å²) in [6, 6.07) is 3.43. The number of aryl methyl sites for hydroxylation is 2. The number of aliphatic hydroxyl groups is 1. The van der Waals surface area contributed by atoms with Crippen molar-refractivity contribution in [3.8, 4) is 5.75 Å². The number of methoxy groups -OCH3 is 1. The molecule has 4 nitrogen and oxygen atoms in total. The smallest absolute Gasteiger partial charge is 0.126 e. The first-order valence-corrected chi connectivity index (χ1v) is 5.30. The Balaban J connectivity index is 3.20. The van der Waals surface area contributed by atoms with Crippen molar-refractivity contribution < 1.29 is 9.84 Å². The summed E-state index contributed by atoms with van der Waals surface area (Å²) >= 11 is 0. The van der Waals surface area contributed by atoms with Crippen LogP contribution in [0.3, 0.4) is 0 Å². The van der Waals surface area contributed by atoms with Gasteiger partial charge in [-0.05, 0) is 19.4 Å². The maximum absolute atomic E-state index is 9.68. The first-order chi connectivity index (χ1) is 7.51. The van der Waals surface area contributed by atoms with Crippen LogP contribution in [0.2, 0.25) is 0 Å². The van der Waals surface area contributed by atoms with Gasteiger partial charge in [-0.3, -0.25) is 0 Å². The summed E-state index contributed by atoms with van der Waals surface area (Å²) in [4.78, 5) is 0. The van der Waals surface area contributed by atoms with Gasteiger partial charge < -0.3 is 21.3 Å². The van der Waals surface area contributed by atoms with Crippen LogP contribution in [0.1, 0.15) is 22.7 Å². The van der Waals surface area contributed by atoms with Gasteiger partial charge in [0.05, 0.1) is 19.3 Å². The van der Waals surface area contributed by atoms with E-state index in [1.807, 2.05) is 26.0 Å². The number of aliphatic hydroxyl groups excluding tert-OH is 1. The first kappa shape index (κ1) is 13.0. The van der Waals surface area contributed by atoms with E-state index in [-0.39, 0.29) is 6.54 Å². The standard InChI is InChI=1S/C12H20N2O2/c1-7-4-8(2)12(16-3)9(5-7)11(14)10(15)6-13/h4-5,10-11,15H,6,13-14H2,1-3H3. The van der Waals surface area contributed by atoms with E-state index in [2.05, 4.69) is 0 Å². The zero-order valence-corrected chi connectivity index (χ0v) is 10.0. The van der Waals surface area contributed by atoms with Gasteiger partial charge in [-0.2, -0.15) is 0 Å². The summed E-state index contributed by atoms with van der Waals surface area (Å²) in [5.74, 6) is 0.727. The molecular weight excluding hydrogens is 204 g/mol. The third kappa shape index (κ3) is 2.52. The predicted molar refractivity (Wildman–Crippen MR) is 64.5 cm³/mol. The second-order valence-corrected chi connectivity index (χ2v) is 4.03. The van der Waals surface area contributed by atoms with Crippen LogP contribution in [0.25, 0.3) is 0 Å². The van der Waals surface area contributed by atoms with E-state index < -0.39 is 12.1 Å². The summed E-state index contributed by atoms with van der Waals surface area (Å²) < 4.78 is 5.31. The summed E-state index contributed by atoms with van der Waals surface area (Å²) in [5, 5.41) is 9.68. The molecule has 0 fully saturated rings. The monoisotopic (exact) mass is 224 g/mol. The lowest BCUT2D eigenvalue weighted by atomic mass is 9.96. The zero-order chi connectivity index (χ0) is 12.3. The number of benzene rings is 1. The van der Waals surface area contributed by atoms with Gasteiger partial charge in [0.25, 0.3) is 0 Å². The van der Waals surface area contributed by atoms with Gasteiger partial charge in [0.2, 0.25) is 0 Å². The lowest BCUT2D eigenvalue weighted by Crippen LogP contribution is -2.33. The van der Waals surface area contributed by atoms with Gasteiger partial charge in [0.1, 0.15) is 5.75 Å². The minimum atomic E-state index is -0.755. The fourth-order valence-corrected chi connectivity index (χ4v) is 1.87. The van der Waals surface area contributed by atoms with Crippen LogP contribution in [-0.2, 0) is 0 Å². The third-order valence-corrected chi connectivity index (χ3v) is 2.67. The van der Waals surface area contributed by atoms with Crippen LogP contribution in [0, 0.1) is 13.8 Å². The molecule has 0 spiro atoms. The van der Waals surface area contributed by atoms with Crippen molar-refractivity contribution in [3.05, 3.63) is 28.8 Å². The van der Waals surface area contributed by atoms with Crippen molar-refractivity contribution in [2.45, 2.75) is 26.0 Å². The molecule has 0 bridgehead atoms. The highest BCUT2D eigenvalue weighted by molar-refractivity contribution is 5.45. The van der Waals surface area contributed by atoms with Gasteiger partial charge >= 0.3 is 0 Å². The molecule has 0 saturated heterocycles. The van der Waals surface area contributed by atoms with Crippen LogP contribution >= 0.6 is 0 Å². The fraction of sp³-hybridized carbons (Fsp3) is 0.500. The molecule has 1 aromatic rings. The minimum Gasteiger partial charge on any atom is -0.496 e. The highest BCUT2D eigenvalue weighted by Gasteiger charge is 2.20. The Bertz CT molecular complexity index is 366. The quantitative estimate of drug-likeness (QED) is 0.700. The van der Waals surface area contributed by atoms with Crippen molar-refractivity contribution in [2.75, 3.05) is 13.7 Å². The van der Waals surface area contributed by atoms with Crippen LogP contribution in [-0.4, -0.2) is 24.9 Å². The van der Waals surface area contributed by atoms with E-state index >= 15 is 0 Å². The van der Waals surface area contributed by atoms with E-state index in [9.17, 15) is 5.11 Å². The van der Waals surface area contributed by atoms with Gasteiger partial charge in [0.15, 0.2) is 0 Å². The molecule has 90 valence electrons. The lowest BCUT2D eigenvalue weighted by Gasteiger charge is -2.21. The van der Waals surface area contributed by atoms with E-state index in [1.165, 1.54) is 0 Å². The van der Waals surface area contributed by atoms with Crippen molar-refractivity contribution in [3.63, 3.8) is 0 Å². The Morgan fingerprint density at radius 2 is 2.00 bits per heavy atom. The van der Waals surface area contributed by atoms with Crippen molar-refractivity contribution in [2.24, 2.45) is 11.5 Å². The Morgan fingerprint density at radius 3 is 2.50 bits per heavy atom. The van der Waals surface area contributed by atoms with Crippen molar-refractivity contribution >= 4 is 0 Å². The summed E-state index contributed by atoms with van der Waals surface area (Å²) in [7, 11) is 1.60. The summed E-state index contributed by atoms with van der Waals surface area (Å²) in [6.45, 7) is 4.08. The number of nitrogens with two attached hydrogens (primary N) is 2. The molecule has 0 saturated carbocycles. The highest BCUT2D eigenvalue weighted by Crippen LogP contribution is 2.30. The molecule has 0 aliphatic rings. The molecule has 0 aromatic heterocycles. The summed E-state index contributed by atoms with van der Waals surface area (Å²) in [6.07, 6.45) is -0.755. The molecule has 1 aromatic carbocycles. The molecule has 0 radical (unpaired) electrons. The van der Waals surface area contributed by atoms with Gasteiger partial charge in [-0.25, -0.2) is 0 Å². The van der Waals surface area contributed by atoms with E-state index in [0.29, 0.717) is 0 Å². The number of hydrogen-bond donors (Lipinski definition) is 3. The average Bonchev–Trinajstić information content (AvgIpc) is 2.26. The Labute approximate surface area is 96.2 Å². The molecule has 0 heterocycles. The minimum absolute atomic E-state index is 0.136. The Morgan fingerprint density at radius 1 is 1.38 bits per heavy atom. The second kappa shape index (κ2) is 5.30. The fourth-order valence-electron chi connectivity index (χ4n) is 1.87. The third-order valence-electron chi connectivity index (χ3n) is 2.67. The first-order valence-electron chi connectivity index (χ1n) is 5.30. The maximum atomic E-state index is 9.68. The number of hydrogen-bond acceptors (Lipinski definition) is 4. The molecule has 2 unspecified atom stereocenters.